The normalized spacial score (nSPS) is 16.5. The van der Waals surface area contributed by atoms with E-state index in [1.54, 1.807) is 7.11 Å². The molecule has 0 amide bonds. The van der Waals surface area contributed by atoms with Crippen LogP contribution in [0.3, 0.4) is 0 Å². The van der Waals surface area contributed by atoms with Gasteiger partial charge in [0.2, 0.25) is 0 Å². The van der Waals surface area contributed by atoms with Crippen molar-refractivity contribution in [3.8, 4) is 0 Å². The van der Waals surface area contributed by atoms with Crippen molar-refractivity contribution in [2.75, 3.05) is 20.3 Å². The fourth-order valence-corrected chi connectivity index (χ4v) is 1.49. The van der Waals surface area contributed by atoms with Crippen LogP contribution in [0.1, 0.15) is 27.2 Å². The van der Waals surface area contributed by atoms with Gasteiger partial charge in [0.15, 0.2) is 0 Å². The first-order valence-electron chi connectivity index (χ1n) is 4.71. The van der Waals surface area contributed by atoms with E-state index in [0.717, 1.165) is 13.0 Å². The molecule has 0 bridgehead atoms. The first kappa shape index (κ1) is 11.9. The number of hydrogen-bond acceptors (Lipinski definition) is 2. The number of aliphatic hydroxyl groups is 1. The third kappa shape index (κ3) is 4.73. The quantitative estimate of drug-likeness (QED) is 0.666. The Balaban J connectivity index is 3.78. The molecule has 2 heteroatoms. The van der Waals surface area contributed by atoms with Crippen molar-refractivity contribution in [1.29, 1.82) is 0 Å². The van der Waals surface area contributed by atoms with Crippen molar-refractivity contribution >= 4 is 0 Å². The zero-order valence-electron chi connectivity index (χ0n) is 8.71. The highest BCUT2D eigenvalue weighted by Gasteiger charge is 2.17. The summed E-state index contributed by atoms with van der Waals surface area (Å²) in [5.74, 6) is 1.51. The van der Waals surface area contributed by atoms with Crippen molar-refractivity contribution in [2.24, 2.45) is 17.8 Å². The van der Waals surface area contributed by atoms with Crippen molar-refractivity contribution in [1.82, 2.24) is 0 Å². The molecular formula is C10H22O2. The number of methoxy groups -OCH3 is 1. The van der Waals surface area contributed by atoms with E-state index in [9.17, 15) is 0 Å². The maximum atomic E-state index is 9.12. The Morgan fingerprint density at radius 3 is 2.17 bits per heavy atom. The molecule has 0 aliphatic heterocycles. The Bertz CT molecular complexity index is 102. The van der Waals surface area contributed by atoms with Crippen molar-refractivity contribution < 1.29 is 9.84 Å². The van der Waals surface area contributed by atoms with Crippen LogP contribution < -0.4 is 0 Å². The minimum atomic E-state index is 0.280. The van der Waals surface area contributed by atoms with Gasteiger partial charge >= 0.3 is 0 Å². The highest BCUT2D eigenvalue weighted by atomic mass is 16.5. The Labute approximate surface area is 75.9 Å². The lowest BCUT2D eigenvalue weighted by Crippen LogP contribution is -2.21. The molecule has 0 heterocycles. The highest BCUT2D eigenvalue weighted by molar-refractivity contribution is 4.66. The zero-order chi connectivity index (χ0) is 9.56. The third-order valence-electron chi connectivity index (χ3n) is 2.24. The lowest BCUT2D eigenvalue weighted by Gasteiger charge is -2.22. The van der Waals surface area contributed by atoms with Gasteiger partial charge in [-0.2, -0.15) is 0 Å². The molecular weight excluding hydrogens is 152 g/mol. The smallest absolute Gasteiger partial charge is 0.0491 e. The van der Waals surface area contributed by atoms with Crippen LogP contribution in [0, 0.1) is 17.8 Å². The van der Waals surface area contributed by atoms with Crippen molar-refractivity contribution in [3.63, 3.8) is 0 Å². The minimum Gasteiger partial charge on any atom is -0.396 e. The van der Waals surface area contributed by atoms with Crippen LogP contribution in [0.15, 0.2) is 0 Å². The van der Waals surface area contributed by atoms with Gasteiger partial charge < -0.3 is 9.84 Å². The largest absolute Gasteiger partial charge is 0.396 e. The fourth-order valence-electron chi connectivity index (χ4n) is 1.49. The van der Waals surface area contributed by atoms with E-state index < -0.39 is 0 Å². The van der Waals surface area contributed by atoms with Crippen molar-refractivity contribution in [2.45, 2.75) is 27.2 Å². The second kappa shape index (κ2) is 6.44. The number of hydrogen-bond donors (Lipinski definition) is 1. The second-order valence-electron chi connectivity index (χ2n) is 4.00. The van der Waals surface area contributed by atoms with Gasteiger partial charge in [0, 0.05) is 20.3 Å². The molecule has 2 nitrogen and oxygen atoms in total. The molecule has 0 aliphatic carbocycles. The van der Waals surface area contributed by atoms with Gasteiger partial charge in [0.25, 0.3) is 0 Å². The summed E-state index contributed by atoms with van der Waals surface area (Å²) in [6, 6.07) is 0. The van der Waals surface area contributed by atoms with Gasteiger partial charge in [-0.3, -0.25) is 0 Å². The summed E-state index contributed by atoms with van der Waals surface area (Å²) in [7, 11) is 1.71. The summed E-state index contributed by atoms with van der Waals surface area (Å²) in [4.78, 5) is 0. The molecule has 0 aromatic carbocycles. The summed E-state index contributed by atoms with van der Waals surface area (Å²) >= 11 is 0. The van der Waals surface area contributed by atoms with Crippen LogP contribution in [0.25, 0.3) is 0 Å². The van der Waals surface area contributed by atoms with E-state index in [-0.39, 0.29) is 6.61 Å². The second-order valence-corrected chi connectivity index (χ2v) is 4.00. The Kier molecular flexibility index (Phi) is 6.39. The predicted octanol–water partition coefficient (Wildman–Crippen LogP) is 1.92. The number of ether oxygens (including phenoxy) is 1. The van der Waals surface area contributed by atoms with Crippen molar-refractivity contribution in [3.05, 3.63) is 0 Å². The molecule has 0 aromatic rings. The molecule has 0 rings (SSSR count). The van der Waals surface area contributed by atoms with E-state index in [2.05, 4.69) is 20.8 Å². The molecule has 0 aromatic heterocycles. The molecule has 0 saturated heterocycles. The molecule has 0 saturated carbocycles. The summed E-state index contributed by atoms with van der Waals surface area (Å²) in [5, 5.41) is 9.12. The van der Waals surface area contributed by atoms with E-state index in [0.29, 0.717) is 17.8 Å². The van der Waals surface area contributed by atoms with Gasteiger partial charge in [-0.1, -0.05) is 20.8 Å². The topological polar surface area (TPSA) is 29.5 Å². The molecule has 74 valence electrons. The molecule has 0 radical (unpaired) electrons. The average Bonchev–Trinajstić information content (AvgIpc) is 2.00. The Morgan fingerprint density at radius 1 is 1.25 bits per heavy atom. The molecule has 12 heavy (non-hydrogen) atoms. The summed E-state index contributed by atoms with van der Waals surface area (Å²) < 4.78 is 5.06. The molecule has 2 unspecified atom stereocenters. The monoisotopic (exact) mass is 174 g/mol. The number of aliphatic hydroxyl groups excluding tert-OH is 1. The third-order valence-corrected chi connectivity index (χ3v) is 2.24. The zero-order valence-corrected chi connectivity index (χ0v) is 8.71. The molecule has 2 atom stereocenters. The van der Waals surface area contributed by atoms with Crippen LogP contribution in [-0.2, 0) is 4.74 Å². The molecule has 1 N–H and O–H groups in total. The van der Waals surface area contributed by atoms with Gasteiger partial charge in [0.05, 0.1) is 0 Å². The van der Waals surface area contributed by atoms with Crippen LogP contribution in [-0.4, -0.2) is 25.4 Å². The average molecular weight is 174 g/mol. The van der Waals surface area contributed by atoms with Crippen LogP contribution >= 0.6 is 0 Å². The van der Waals surface area contributed by atoms with E-state index in [1.807, 2.05) is 0 Å². The summed E-state index contributed by atoms with van der Waals surface area (Å²) in [6.45, 7) is 7.53. The van der Waals surface area contributed by atoms with Gasteiger partial charge in [0.1, 0.15) is 0 Å². The lowest BCUT2D eigenvalue weighted by atomic mass is 9.88. The fraction of sp³-hybridized carbons (Fsp3) is 1.00. The Morgan fingerprint density at radius 2 is 1.83 bits per heavy atom. The molecule has 0 aliphatic rings. The molecule has 0 spiro atoms. The Hall–Kier alpha value is -0.0800. The summed E-state index contributed by atoms with van der Waals surface area (Å²) in [6.07, 6.45) is 1.08. The van der Waals surface area contributed by atoms with E-state index >= 15 is 0 Å². The maximum absolute atomic E-state index is 9.12. The van der Waals surface area contributed by atoms with Gasteiger partial charge in [-0.25, -0.2) is 0 Å². The minimum absolute atomic E-state index is 0.280. The van der Waals surface area contributed by atoms with Crippen LogP contribution in [0.2, 0.25) is 0 Å². The predicted molar refractivity (Wildman–Crippen MR) is 51.1 cm³/mol. The maximum Gasteiger partial charge on any atom is 0.0491 e. The van der Waals surface area contributed by atoms with Crippen LogP contribution in [0.5, 0.6) is 0 Å². The number of rotatable bonds is 6. The standard InChI is InChI=1S/C10H22O2/c1-8(2)5-10(6-11)9(3)7-12-4/h8-11H,5-7H2,1-4H3. The van der Waals surface area contributed by atoms with Gasteiger partial charge in [-0.05, 0) is 24.2 Å². The van der Waals surface area contributed by atoms with E-state index in [4.69, 9.17) is 9.84 Å². The molecule has 0 fully saturated rings. The van der Waals surface area contributed by atoms with Crippen LogP contribution in [0.4, 0.5) is 0 Å². The highest BCUT2D eigenvalue weighted by Crippen LogP contribution is 2.19. The first-order chi connectivity index (χ1) is 5.61. The van der Waals surface area contributed by atoms with Gasteiger partial charge in [-0.15, -0.1) is 0 Å². The SMILES string of the molecule is COCC(C)C(CO)CC(C)C. The first-order valence-corrected chi connectivity index (χ1v) is 4.71. The van der Waals surface area contributed by atoms with E-state index in [1.165, 1.54) is 0 Å². The summed E-state index contributed by atoms with van der Waals surface area (Å²) in [5.41, 5.74) is 0. The lowest BCUT2D eigenvalue weighted by molar-refractivity contribution is 0.0881.